The summed E-state index contributed by atoms with van der Waals surface area (Å²) in [6.07, 6.45) is 0. The summed E-state index contributed by atoms with van der Waals surface area (Å²) in [5, 5.41) is 4.37. The monoisotopic (exact) mass is 463 g/mol. The van der Waals surface area contributed by atoms with Gasteiger partial charge in [0.2, 0.25) is 5.95 Å². The SMILES string of the molecule is CCOC(=O)C1=C(c2ccccc2)Nc2nc3ccccc3n2[C@H]1c1ccc(Cl)cc1Cl. The van der Waals surface area contributed by atoms with Crippen molar-refractivity contribution in [2.24, 2.45) is 0 Å². The molecule has 0 unspecified atom stereocenters. The molecule has 2 heterocycles. The van der Waals surface area contributed by atoms with Crippen molar-refractivity contribution in [1.29, 1.82) is 0 Å². The lowest BCUT2D eigenvalue weighted by Crippen LogP contribution is -2.29. The van der Waals surface area contributed by atoms with E-state index in [-0.39, 0.29) is 6.61 Å². The lowest BCUT2D eigenvalue weighted by Gasteiger charge is -2.32. The molecule has 1 aliphatic rings. The van der Waals surface area contributed by atoms with Crippen LogP contribution < -0.4 is 5.32 Å². The molecule has 0 saturated carbocycles. The zero-order valence-corrected chi connectivity index (χ0v) is 18.7. The molecule has 0 saturated heterocycles. The van der Waals surface area contributed by atoms with E-state index in [1.165, 1.54) is 0 Å². The highest BCUT2D eigenvalue weighted by Gasteiger charge is 2.37. The van der Waals surface area contributed by atoms with Gasteiger partial charge in [-0.25, -0.2) is 9.78 Å². The Bertz CT molecular complexity index is 1360. The van der Waals surface area contributed by atoms with Gasteiger partial charge in [0.05, 0.1) is 35.0 Å². The molecule has 0 fully saturated rings. The number of imidazole rings is 1. The topological polar surface area (TPSA) is 56.1 Å². The molecule has 3 aromatic carbocycles. The number of aromatic nitrogens is 2. The van der Waals surface area contributed by atoms with Crippen LogP contribution in [0.2, 0.25) is 10.0 Å². The van der Waals surface area contributed by atoms with Gasteiger partial charge in [-0.15, -0.1) is 0 Å². The van der Waals surface area contributed by atoms with Crippen molar-refractivity contribution in [3.05, 3.63) is 99.5 Å². The number of rotatable bonds is 4. The standard InChI is InChI=1S/C25H19Cl2N3O2/c1-2-32-24(31)21-22(15-8-4-3-5-9-15)29-25-28-19-10-6-7-11-20(19)30(25)23(21)17-13-12-16(26)14-18(17)27/h3-14,23H,2H2,1H3,(H,28,29)/t23-/m0/s1. The third-order valence-electron chi connectivity index (χ3n) is 5.45. The van der Waals surface area contributed by atoms with E-state index >= 15 is 0 Å². The number of halogens is 2. The summed E-state index contributed by atoms with van der Waals surface area (Å²) in [6, 6.07) is 22.2. The Morgan fingerprint density at radius 2 is 1.81 bits per heavy atom. The summed E-state index contributed by atoms with van der Waals surface area (Å²) in [5.74, 6) is 0.201. The number of esters is 1. The number of carbonyl (C=O) groups is 1. The van der Waals surface area contributed by atoms with Crippen LogP contribution in [0.4, 0.5) is 5.95 Å². The van der Waals surface area contributed by atoms with Crippen LogP contribution in [-0.2, 0) is 9.53 Å². The average molecular weight is 464 g/mol. The lowest BCUT2D eigenvalue weighted by atomic mass is 9.92. The van der Waals surface area contributed by atoms with E-state index in [9.17, 15) is 4.79 Å². The van der Waals surface area contributed by atoms with Crippen molar-refractivity contribution in [2.45, 2.75) is 13.0 Å². The van der Waals surface area contributed by atoms with Crippen molar-refractivity contribution >= 4 is 51.8 Å². The maximum Gasteiger partial charge on any atom is 0.338 e. The first-order chi connectivity index (χ1) is 15.6. The highest BCUT2D eigenvalue weighted by molar-refractivity contribution is 6.35. The number of fused-ring (bicyclic) bond motifs is 3. The normalized spacial score (nSPS) is 15.4. The molecule has 0 spiro atoms. The van der Waals surface area contributed by atoms with Crippen LogP contribution in [0, 0.1) is 0 Å². The zero-order valence-electron chi connectivity index (χ0n) is 17.2. The van der Waals surface area contributed by atoms with Crippen LogP contribution in [-0.4, -0.2) is 22.1 Å². The molecule has 32 heavy (non-hydrogen) atoms. The summed E-state index contributed by atoms with van der Waals surface area (Å²) in [7, 11) is 0. The number of hydrogen-bond acceptors (Lipinski definition) is 4. The van der Waals surface area contributed by atoms with Gasteiger partial charge in [-0.1, -0.05) is 71.7 Å². The molecule has 0 radical (unpaired) electrons. The second-order valence-corrected chi connectivity index (χ2v) is 8.21. The minimum atomic E-state index is -0.558. The van der Waals surface area contributed by atoms with Gasteiger partial charge in [-0.05, 0) is 42.3 Å². The molecule has 0 aliphatic carbocycles. The molecule has 5 rings (SSSR count). The summed E-state index contributed by atoms with van der Waals surface area (Å²) >= 11 is 12.9. The van der Waals surface area contributed by atoms with Gasteiger partial charge in [0.1, 0.15) is 0 Å². The maximum atomic E-state index is 13.4. The van der Waals surface area contributed by atoms with Crippen molar-refractivity contribution in [1.82, 2.24) is 9.55 Å². The van der Waals surface area contributed by atoms with E-state index in [2.05, 4.69) is 5.32 Å². The highest BCUT2D eigenvalue weighted by Crippen LogP contribution is 2.44. The Hall–Kier alpha value is -3.28. The first-order valence-electron chi connectivity index (χ1n) is 10.2. The van der Waals surface area contributed by atoms with Crippen molar-refractivity contribution in [3.8, 4) is 0 Å². The fraction of sp³-hybridized carbons (Fsp3) is 0.120. The smallest absolute Gasteiger partial charge is 0.338 e. The van der Waals surface area contributed by atoms with Crippen LogP contribution in [0.25, 0.3) is 16.7 Å². The molecule has 160 valence electrons. The van der Waals surface area contributed by atoms with E-state index in [4.69, 9.17) is 32.9 Å². The number of para-hydroxylation sites is 2. The first-order valence-corrected chi connectivity index (χ1v) is 11.0. The van der Waals surface area contributed by atoms with E-state index in [1.807, 2.05) is 65.2 Å². The number of ether oxygens (including phenoxy) is 1. The Morgan fingerprint density at radius 3 is 2.56 bits per heavy atom. The van der Waals surface area contributed by atoms with E-state index < -0.39 is 12.0 Å². The molecular formula is C25H19Cl2N3O2. The van der Waals surface area contributed by atoms with E-state index in [0.717, 1.165) is 22.2 Å². The van der Waals surface area contributed by atoms with Crippen molar-refractivity contribution in [3.63, 3.8) is 0 Å². The molecule has 1 aromatic heterocycles. The molecule has 0 amide bonds. The number of nitrogens with zero attached hydrogens (tertiary/aromatic N) is 2. The van der Waals surface area contributed by atoms with Gasteiger partial charge < -0.3 is 10.1 Å². The van der Waals surface area contributed by atoms with E-state index in [0.29, 0.717) is 27.3 Å². The van der Waals surface area contributed by atoms with Crippen LogP contribution >= 0.6 is 23.2 Å². The number of hydrogen-bond donors (Lipinski definition) is 1. The zero-order chi connectivity index (χ0) is 22.2. The minimum absolute atomic E-state index is 0.253. The predicted octanol–water partition coefficient (Wildman–Crippen LogP) is 6.33. The summed E-state index contributed by atoms with van der Waals surface area (Å²) < 4.78 is 7.50. The molecule has 0 bridgehead atoms. The summed E-state index contributed by atoms with van der Waals surface area (Å²) in [6.45, 7) is 2.04. The maximum absolute atomic E-state index is 13.4. The van der Waals surface area contributed by atoms with Crippen LogP contribution in [0.1, 0.15) is 24.1 Å². The Balaban J connectivity index is 1.86. The third kappa shape index (κ3) is 3.44. The number of carbonyl (C=O) groups excluding carboxylic acids is 1. The van der Waals surface area contributed by atoms with Gasteiger partial charge in [0, 0.05) is 10.0 Å². The Kier molecular flexibility index (Phi) is 5.37. The quantitative estimate of drug-likeness (QED) is 0.359. The summed E-state index contributed by atoms with van der Waals surface area (Å²) in [4.78, 5) is 18.2. The van der Waals surface area contributed by atoms with Gasteiger partial charge in [0.15, 0.2) is 0 Å². The van der Waals surface area contributed by atoms with Crippen LogP contribution in [0.15, 0.2) is 78.4 Å². The van der Waals surface area contributed by atoms with Crippen molar-refractivity contribution < 1.29 is 9.53 Å². The van der Waals surface area contributed by atoms with Gasteiger partial charge in [-0.3, -0.25) is 4.57 Å². The number of anilines is 1. The third-order valence-corrected chi connectivity index (χ3v) is 6.01. The van der Waals surface area contributed by atoms with Crippen molar-refractivity contribution in [2.75, 3.05) is 11.9 Å². The molecule has 1 atom stereocenters. The Morgan fingerprint density at radius 1 is 1.06 bits per heavy atom. The van der Waals surface area contributed by atoms with Crippen LogP contribution in [0.3, 0.4) is 0 Å². The predicted molar refractivity (Wildman–Crippen MR) is 128 cm³/mol. The van der Waals surface area contributed by atoms with Gasteiger partial charge in [-0.2, -0.15) is 0 Å². The highest BCUT2D eigenvalue weighted by atomic mass is 35.5. The average Bonchev–Trinajstić information content (AvgIpc) is 3.17. The first kappa shape index (κ1) is 20.6. The van der Waals surface area contributed by atoms with E-state index in [1.54, 1.807) is 19.1 Å². The largest absolute Gasteiger partial charge is 0.463 e. The fourth-order valence-corrected chi connectivity index (χ4v) is 4.62. The number of benzene rings is 3. The summed E-state index contributed by atoms with van der Waals surface area (Å²) in [5.41, 5.74) is 4.37. The molecular weight excluding hydrogens is 445 g/mol. The minimum Gasteiger partial charge on any atom is -0.463 e. The second kappa shape index (κ2) is 8.34. The fourth-order valence-electron chi connectivity index (χ4n) is 4.11. The molecule has 4 aromatic rings. The van der Waals surface area contributed by atoms with Gasteiger partial charge in [0.25, 0.3) is 0 Å². The Labute approximate surface area is 195 Å². The molecule has 1 N–H and O–H groups in total. The molecule has 1 aliphatic heterocycles. The molecule has 5 nitrogen and oxygen atoms in total. The lowest BCUT2D eigenvalue weighted by molar-refractivity contribution is -0.138. The van der Waals surface area contributed by atoms with Gasteiger partial charge >= 0.3 is 5.97 Å². The van der Waals surface area contributed by atoms with Crippen LogP contribution in [0.5, 0.6) is 0 Å². The number of nitrogens with one attached hydrogen (secondary N) is 1. The second-order valence-electron chi connectivity index (χ2n) is 7.36. The molecule has 7 heteroatoms.